The van der Waals surface area contributed by atoms with Gasteiger partial charge in [0.15, 0.2) is 5.78 Å². The molecule has 4 rings (SSSR count). The summed E-state index contributed by atoms with van der Waals surface area (Å²) in [6.07, 6.45) is 0.590. The number of ketones is 1. The van der Waals surface area contributed by atoms with Gasteiger partial charge in [0.05, 0.1) is 11.1 Å². The summed E-state index contributed by atoms with van der Waals surface area (Å²) in [5, 5.41) is 2.44. The molecule has 0 saturated carbocycles. The molecule has 0 saturated heterocycles. The zero-order valence-corrected chi connectivity index (χ0v) is 17.9. The van der Waals surface area contributed by atoms with E-state index in [4.69, 9.17) is 0 Å². The number of imide groups is 1. The van der Waals surface area contributed by atoms with Crippen molar-refractivity contribution in [2.45, 2.75) is 19.8 Å². The third-order valence-corrected chi connectivity index (χ3v) is 5.40. The number of rotatable bonds is 7. The molecule has 2 aromatic carbocycles. The number of hydrogen-bond donors (Lipinski definition) is 2. The maximum Gasteiger partial charge on any atom is 0.271 e. The molecule has 2 N–H and O–H groups in total. The molecule has 0 unspecified atom stereocenters. The first kappa shape index (κ1) is 21.9. The summed E-state index contributed by atoms with van der Waals surface area (Å²) in [7, 11) is 0. The van der Waals surface area contributed by atoms with E-state index in [-0.39, 0.29) is 41.8 Å². The number of benzene rings is 2. The molecule has 8 nitrogen and oxygen atoms in total. The van der Waals surface area contributed by atoms with E-state index in [1.807, 2.05) is 0 Å². The maximum absolute atomic E-state index is 13.1. The smallest absolute Gasteiger partial charge is 0.271 e. The minimum Gasteiger partial charge on any atom is -0.324 e. The molecule has 166 valence electrons. The first-order valence-electron chi connectivity index (χ1n) is 10.5. The Hall–Kier alpha value is -4.33. The van der Waals surface area contributed by atoms with Crippen molar-refractivity contribution in [3.05, 3.63) is 99.0 Å². The van der Waals surface area contributed by atoms with Gasteiger partial charge in [-0.25, -0.2) is 0 Å². The SMILES string of the molecule is CC(=O)Nc1cc(C(=O)c2ccccc2)c(CCCN2C(=O)c3ccccc3C2=O)[nH]c1=O. The summed E-state index contributed by atoms with van der Waals surface area (Å²) in [5.41, 5.74) is 1.23. The fourth-order valence-corrected chi connectivity index (χ4v) is 3.85. The molecule has 1 aliphatic heterocycles. The number of amides is 3. The molecule has 3 amide bonds. The Bertz CT molecular complexity index is 1290. The average molecular weight is 443 g/mol. The summed E-state index contributed by atoms with van der Waals surface area (Å²) in [6.45, 7) is 1.41. The standard InChI is InChI=1S/C25H21N3O5/c1-15(29)26-21-14-19(22(30)16-8-3-2-4-9-16)20(27-23(21)31)12-7-13-28-24(32)17-10-5-6-11-18(17)25(28)33/h2-6,8-11,14H,7,12-13H2,1H3,(H,26,29)(H,27,31). The first-order chi connectivity index (χ1) is 15.9. The predicted octanol–water partition coefficient (Wildman–Crippen LogP) is 2.79. The van der Waals surface area contributed by atoms with Gasteiger partial charge in [0.1, 0.15) is 5.69 Å². The van der Waals surface area contributed by atoms with Gasteiger partial charge in [-0.15, -0.1) is 0 Å². The van der Waals surface area contributed by atoms with Gasteiger partial charge in [-0.2, -0.15) is 0 Å². The highest BCUT2D eigenvalue weighted by Gasteiger charge is 2.34. The molecule has 0 atom stereocenters. The molecule has 33 heavy (non-hydrogen) atoms. The number of carbonyl (C=O) groups is 4. The second kappa shape index (κ2) is 9.04. The van der Waals surface area contributed by atoms with Crippen LogP contribution >= 0.6 is 0 Å². The van der Waals surface area contributed by atoms with Crippen molar-refractivity contribution in [3.63, 3.8) is 0 Å². The first-order valence-corrected chi connectivity index (χ1v) is 10.5. The number of nitrogens with zero attached hydrogens (tertiary/aromatic N) is 1. The number of anilines is 1. The predicted molar refractivity (Wildman–Crippen MR) is 121 cm³/mol. The highest BCUT2D eigenvalue weighted by Crippen LogP contribution is 2.23. The van der Waals surface area contributed by atoms with Crippen LogP contribution in [-0.4, -0.2) is 39.9 Å². The van der Waals surface area contributed by atoms with Gasteiger partial charge in [0.25, 0.3) is 17.4 Å². The van der Waals surface area contributed by atoms with Crippen molar-refractivity contribution in [2.24, 2.45) is 0 Å². The summed E-state index contributed by atoms with van der Waals surface area (Å²) in [4.78, 5) is 66.0. The Morgan fingerprint density at radius 2 is 1.52 bits per heavy atom. The monoisotopic (exact) mass is 443 g/mol. The van der Waals surface area contributed by atoms with Crippen LogP contribution < -0.4 is 10.9 Å². The van der Waals surface area contributed by atoms with Crippen LogP contribution in [0.2, 0.25) is 0 Å². The molecule has 1 aromatic heterocycles. The Kier molecular flexibility index (Phi) is 5.99. The van der Waals surface area contributed by atoms with Gasteiger partial charge in [-0.05, 0) is 31.0 Å². The zero-order valence-electron chi connectivity index (χ0n) is 17.9. The molecule has 0 spiro atoms. The fourth-order valence-electron chi connectivity index (χ4n) is 3.85. The van der Waals surface area contributed by atoms with E-state index in [1.165, 1.54) is 17.9 Å². The summed E-state index contributed by atoms with van der Waals surface area (Å²) in [5.74, 6) is -1.46. The minimum absolute atomic E-state index is 0.0223. The van der Waals surface area contributed by atoms with Crippen molar-refractivity contribution < 1.29 is 19.2 Å². The topological polar surface area (TPSA) is 116 Å². The fraction of sp³-hybridized carbons (Fsp3) is 0.160. The second-order valence-electron chi connectivity index (χ2n) is 7.69. The van der Waals surface area contributed by atoms with Crippen molar-refractivity contribution in [1.82, 2.24) is 9.88 Å². The maximum atomic E-state index is 13.1. The van der Waals surface area contributed by atoms with Gasteiger partial charge in [-0.3, -0.25) is 28.9 Å². The lowest BCUT2D eigenvalue weighted by Gasteiger charge is -2.15. The van der Waals surface area contributed by atoms with Crippen LogP contribution in [0.5, 0.6) is 0 Å². The van der Waals surface area contributed by atoms with Crippen LogP contribution in [0.15, 0.2) is 65.5 Å². The second-order valence-corrected chi connectivity index (χ2v) is 7.69. The number of carbonyl (C=O) groups excluding carboxylic acids is 4. The molecule has 0 fully saturated rings. The lowest BCUT2D eigenvalue weighted by atomic mass is 9.99. The number of fused-ring (bicyclic) bond motifs is 1. The van der Waals surface area contributed by atoms with E-state index in [0.29, 0.717) is 28.8 Å². The molecule has 0 aliphatic carbocycles. The molecule has 8 heteroatoms. The van der Waals surface area contributed by atoms with Gasteiger partial charge < -0.3 is 10.3 Å². The Balaban J connectivity index is 1.58. The molecule has 0 bridgehead atoms. The quantitative estimate of drug-likeness (QED) is 0.430. The molecular formula is C25H21N3O5. The van der Waals surface area contributed by atoms with E-state index >= 15 is 0 Å². The van der Waals surface area contributed by atoms with Gasteiger partial charge in [-0.1, -0.05) is 42.5 Å². The number of aromatic amines is 1. The van der Waals surface area contributed by atoms with Crippen molar-refractivity contribution in [3.8, 4) is 0 Å². The van der Waals surface area contributed by atoms with Crippen LogP contribution in [0.3, 0.4) is 0 Å². The molecular weight excluding hydrogens is 422 g/mol. The van der Waals surface area contributed by atoms with Crippen molar-refractivity contribution >= 4 is 29.2 Å². The van der Waals surface area contributed by atoms with Crippen LogP contribution in [0.1, 0.15) is 55.7 Å². The Morgan fingerprint density at radius 1 is 0.909 bits per heavy atom. The minimum atomic E-state index is -0.537. The molecule has 0 radical (unpaired) electrons. The van der Waals surface area contributed by atoms with Gasteiger partial charge in [0, 0.05) is 30.3 Å². The van der Waals surface area contributed by atoms with E-state index in [0.717, 1.165) is 0 Å². The van der Waals surface area contributed by atoms with Crippen molar-refractivity contribution in [1.29, 1.82) is 0 Å². The van der Waals surface area contributed by atoms with Crippen LogP contribution in [0, 0.1) is 0 Å². The van der Waals surface area contributed by atoms with Crippen LogP contribution in [-0.2, 0) is 11.2 Å². The molecule has 1 aliphatic rings. The van der Waals surface area contributed by atoms with Crippen LogP contribution in [0.4, 0.5) is 5.69 Å². The summed E-state index contributed by atoms with van der Waals surface area (Å²) in [6, 6.07) is 16.6. The average Bonchev–Trinajstić information content (AvgIpc) is 3.05. The highest BCUT2D eigenvalue weighted by molar-refractivity contribution is 6.21. The van der Waals surface area contributed by atoms with E-state index in [9.17, 15) is 24.0 Å². The van der Waals surface area contributed by atoms with E-state index < -0.39 is 11.5 Å². The summed E-state index contributed by atoms with van der Waals surface area (Å²) < 4.78 is 0. The zero-order chi connectivity index (χ0) is 23.5. The molecule has 3 aromatic rings. The Labute approximate surface area is 189 Å². The largest absolute Gasteiger partial charge is 0.324 e. The lowest BCUT2D eigenvalue weighted by molar-refractivity contribution is -0.114. The third-order valence-electron chi connectivity index (χ3n) is 5.40. The number of aryl methyl sites for hydroxylation is 1. The molecule has 2 heterocycles. The number of nitrogens with one attached hydrogen (secondary N) is 2. The normalized spacial score (nSPS) is 12.6. The third kappa shape index (κ3) is 4.36. The number of aromatic nitrogens is 1. The summed E-state index contributed by atoms with van der Waals surface area (Å²) >= 11 is 0. The van der Waals surface area contributed by atoms with Crippen LogP contribution in [0.25, 0.3) is 0 Å². The van der Waals surface area contributed by atoms with Gasteiger partial charge in [0.2, 0.25) is 5.91 Å². The van der Waals surface area contributed by atoms with E-state index in [1.54, 1.807) is 54.6 Å². The Morgan fingerprint density at radius 3 is 2.12 bits per heavy atom. The highest BCUT2D eigenvalue weighted by atomic mass is 16.2. The van der Waals surface area contributed by atoms with E-state index in [2.05, 4.69) is 10.3 Å². The number of pyridine rings is 1. The van der Waals surface area contributed by atoms with Gasteiger partial charge >= 0.3 is 0 Å². The number of hydrogen-bond acceptors (Lipinski definition) is 5. The van der Waals surface area contributed by atoms with Crippen molar-refractivity contribution in [2.75, 3.05) is 11.9 Å². The number of H-pyrrole nitrogens is 1. The lowest BCUT2D eigenvalue weighted by Crippen LogP contribution is -2.31.